The van der Waals surface area contributed by atoms with Crippen LogP contribution in [0.15, 0.2) is 12.3 Å². The van der Waals surface area contributed by atoms with Crippen LogP contribution in [0.25, 0.3) is 0 Å². The summed E-state index contributed by atoms with van der Waals surface area (Å²) in [6, 6.07) is 1.74. The molecular weight excluding hydrogens is 249 g/mol. The van der Waals surface area contributed by atoms with Crippen molar-refractivity contribution in [2.24, 2.45) is 0 Å². The number of carbonyl (C=O) groups is 1. The second-order valence-electron chi connectivity index (χ2n) is 4.22. The summed E-state index contributed by atoms with van der Waals surface area (Å²) in [5.74, 6) is -0.180. The molecule has 0 radical (unpaired) electrons. The fourth-order valence-electron chi connectivity index (χ4n) is 1.41. The maximum Gasteiger partial charge on any atom is 0.408 e. The lowest BCUT2D eigenvalue weighted by Crippen LogP contribution is -2.29. The number of anilines is 1. The number of nitrogens with zero attached hydrogens (tertiary/aromatic N) is 2. The van der Waals surface area contributed by atoms with Crippen molar-refractivity contribution < 1.29 is 18.0 Å². The first-order valence-corrected chi connectivity index (χ1v) is 5.56. The van der Waals surface area contributed by atoms with Crippen molar-refractivity contribution in [2.45, 2.75) is 31.6 Å². The van der Waals surface area contributed by atoms with Gasteiger partial charge in [0.15, 0.2) is 5.82 Å². The van der Waals surface area contributed by atoms with Gasteiger partial charge in [0.05, 0.1) is 6.54 Å². The number of carbonyl (C=O) groups excluding carboxylic acids is 1. The largest absolute Gasteiger partial charge is 0.408 e. The van der Waals surface area contributed by atoms with Gasteiger partial charge < -0.3 is 10.6 Å². The van der Waals surface area contributed by atoms with E-state index in [1.165, 1.54) is 12.3 Å². The van der Waals surface area contributed by atoms with Crippen LogP contribution in [-0.2, 0) is 11.3 Å². The first-order valence-electron chi connectivity index (χ1n) is 5.56. The molecule has 0 bridgehead atoms. The average molecular weight is 262 g/mol. The van der Waals surface area contributed by atoms with Crippen LogP contribution in [0.5, 0.6) is 0 Å². The molecule has 1 aliphatic carbocycles. The van der Waals surface area contributed by atoms with Gasteiger partial charge in [-0.1, -0.05) is 0 Å². The highest BCUT2D eigenvalue weighted by Gasteiger charge is 2.28. The van der Waals surface area contributed by atoms with Crippen LogP contribution in [0.1, 0.15) is 12.8 Å². The summed E-state index contributed by atoms with van der Waals surface area (Å²) in [4.78, 5) is 11.4. The van der Waals surface area contributed by atoms with Crippen LogP contribution >= 0.6 is 0 Å². The second-order valence-corrected chi connectivity index (χ2v) is 4.22. The number of rotatable bonds is 5. The molecule has 0 aliphatic heterocycles. The van der Waals surface area contributed by atoms with Gasteiger partial charge in [0, 0.05) is 18.3 Å². The fourth-order valence-corrected chi connectivity index (χ4v) is 1.41. The first kappa shape index (κ1) is 12.9. The Hall–Kier alpha value is -1.57. The highest BCUT2D eigenvalue weighted by atomic mass is 19.4. The topological polar surface area (TPSA) is 59.0 Å². The minimum atomic E-state index is -4.32. The quantitative estimate of drug-likeness (QED) is 0.836. The molecule has 18 heavy (non-hydrogen) atoms. The molecule has 1 aliphatic rings. The van der Waals surface area contributed by atoms with Gasteiger partial charge in [0.25, 0.3) is 0 Å². The van der Waals surface area contributed by atoms with E-state index in [-0.39, 0.29) is 18.3 Å². The third-order valence-electron chi connectivity index (χ3n) is 2.38. The Morgan fingerprint density at radius 3 is 2.83 bits per heavy atom. The third-order valence-corrected chi connectivity index (χ3v) is 2.38. The van der Waals surface area contributed by atoms with Crippen molar-refractivity contribution in [3.63, 3.8) is 0 Å². The SMILES string of the molecule is O=C(CNC1CC1)Nc1ccn(CC(F)(F)F)n1. The molecule has 0 saturated heterocycles. The van der Waals surface area contributed by atoms with E-state index in [1.807, 2.05) is 0 Å². The standard InChI is InChI=1S/C10H13F3N4O/c11-10(12,13)6-17-4-3-8(16-17)15-9(18)5-14-7-1-2-7/h3-4,7,14H,1-2,5-6H2,(H,15,16,18). The molecule has 1 amide bonds. The summed E-state index contributed by atoms with van der Waals surface area (Å²) in [5, 5.41) is 9.04. The van der Waals surface area contributed by atoms with Gasteiger partial charge in [-0.3, -0.25) is 9.48 Å². The number of hydrogen-bond donors (Lipinski definition) is 2. The van der Waals surface area contributed by atoms with Crippen LogP contribution < -0.4 is 10.6 Å². The zero-order valence-corrected chi connectivity index (χ0v) is 9.50. The van der Waals surface area contributed by atoms with Crippen LogP contribution in [0.2, 0.25) is 0 Å². The predicted octanol–water partition coefficient (Wildman–Crippen LogP) is 1.14. The minimum absolute atomic E-state index is 0.127. The van der Waals surface area contributed by atoms with Crippen LogP contribution in [-0.4, -0.2) is 34.5 Å². The molecule has 0 aromatic carbocycles. The normalized spacial score (nSPS) is 15.7. The molecule has 1 heterocycles. The van der Waals surface area contributed by atoms with Gasteiger partial charge in [-0.25, -0.2) is 0 Å². The fraction of sp³-hybridized carbons (Fsp3) is 0.600. The van der Waals surface area contributed by atoms with Crippen molar-refractivity contribution >= 4 is 11.7 Å². The van der Waals surface area contributed by atoms with Crippen LogP contribution in [0.4, 0.5) is 19.0 Å². The molecule has 1 saturated carbocycles. The van der Waals surface area contributed by atoms with E-state index >= 15 is 0 Å². The van der Waals surface area contributed by atoms with E-state index in [0.29, 0.717) is 6.04 Å². The van der Waals surface area contributed by atoms with E-state index in [9.17, 15) is 18.0 Å². The van der Waals surface area contributed by atoms with Crippen molar-refractivity contribution in [2.75, 3.05) is 11.9 Å². The van der Waals surface area contributed by atoms with Gasteiger partial charge >= 0.3 is 6.18 Å². The number of aromatic nitrogens is 2. The maximum atomic E-state index is 12.1. The van der Waals surface area contributed by atoms with Gasteiger partial charge in [-0.15, -0.1) is 0 Å². The third kappa shape index (κ3) is 4.36. The average Bonchev–Trinajstić information content (AvgIpc) is 2.97. The van der Waals surface area contributed by atoms with Gasteiger partial charge in [0.1, 0.15) is 6.54 Å². The van der Waals surface area contributed by atoms with E-state index in [0.717, 1.165) is 17.5 Å². The summed E-state index contributed by atoms with van der Waals surface area (Å²) >= 11 is 0. The van der Waals surface area contributed by atoms with Gasteiger partial charge in [-0.05, 0) is 12.8 Å². The zero-order chi connectivity index (χ0) is 13.2. The summed E-state index contributed by atoms with van der Waals surface area (Å²) in [6.45, 7) is -1.01. The lowest BCUT2D eigenvalue weighted by Gasteiger charge is -2.06. The Morgan fingerprint density at radius 2 is 2.22 bits per heavy atom. The van der Waals surface area contributed by atoms with Crippen LogP contribution in [0.3, 0.4) is 0 Å². The smallest absolute Gasteiger partial charge is 0.308 e. The Labute approximate surface area is 101 Å². The van der Waals surface area contributed by atoms with Crippen LogP contribution in [0, 0.1) is 0 Å². The number of alkyl halides is 3. The molecule has 0 unspecified atom stereocenters. The Kier molecular flexibility index (Phi) is 3.55. The molecule has 0 spiro atoms. The summed E-state index contributed by atoms with van der Waals surface area (Å²) < 4.78 is 37.0. The highest BCUT2D eigenvalue weighted by Crippen LogP contribution is 2.18. The summed E-state index contributed by atoms with van der Waals surface area (Å²) in [6.07, 6.45) is -1.01. The lowest BCUT2D eigenvalue weighted by molar-refractivity contribution is -0.142. The molecule has 1 aromatic heterocycles. The van der Waals surface area contributed by atoms with E-state index < -0.39 is 12.7 Å². The molecule has 0 atom stereocenters. The molecule has 100 valence electrons. The molecule has 1 fully saturated rings. The Morgan fingerprint density at radius 1 is 1.50 bits per heavy atom. The van der Waals surface area contributed by atoms with Crippen molar-refractivity contribution in [3.05, 3.63) is 12.3 Å². The number of halogens is 3. The van der Waals surface area contributed by atoms with E-state index in [1.54, 1.807) is 0 Å². The number of amides is 1. The Bertz CT molecular complexity index is 425. The van der Waals surface area contributed by atoms with Gasteiger partial charge in [0.2, 0.25) is 5.91 Å². The summed E-state index contributed by atoms with van der Waals surface area (Å²) in [5.41, 5.74) is 0. The molecule has 8 heteroatoms. The number of hydrogen-bond acceptors (Lipinski definition) is 3. The molecular formula is C10H13F3N4O. The number of nitrogens with one attached hydrogen (secondary N) is 2. The summed E-state index contributed by atoms with van der Waals surface area (Å²) in [7, 11) is 0. The van der Waals surface area contributed by atoms with Crippen molar-refractivity contribution in [1.82, 2.24) is 15.1 Å². The zero-order valence-electron chi connectivity index (χ0n) is 9.50. The maximum absolute atomic E-state index is 12.1. The highest BCUT2D eigenvalue weighted by molar-refractivity contribution is 5.91. The monoisotopic (exact) mass is 262 g/mol. The molecule has 2 N–H and O–H groups in total. The predicted molar refractivity (Wildman–Crippen MR) is 57.9 cm³/mol. The van der Waals surface area contributed by atoms with Gasteiger partial charge in [-0.2, -0.15) is 18.3 Å². The lowest BCUT2D eigenvalue weighted by atomic mass is 10.5. The van der Waals surface area contributed by atoms with E-state index in [4.69, 9.17) is 0 Å². The first-order chi connectivity index (χ1) is 8.42. The molecule has 1 aromatic rings. The van der Waals surface area contributed by atoms with Crippen molar-refractivity contribution in [3.8, 4) is 0 Å². The minimum Gasteiger partial charge on any atom is -0.308 e. The second kappa shape index (κ2) is 4.97. The Balaban J connectivity index is 1.79. The van der Waals surface area contributed by atoms with Crippen molar-refractivity contribution in [1.29, 1.82) is 0 Å². The van der Waals surface area contributed by atoms with E-state index in [2.05, 4.69) is 15.7 Å². The molecule has 5 nitrogen and oxygen atoms in total. The molecule has 2 rings (SSSR count).